The van der Waals surface area contributed by atoms with Crippen molar-refractivity contribution in [2.75, 3.05) is 19.0 Å². The van der Waals surface area contributed by atoms with Gasteiger partial charge in [0.1, 0.15) is 11.6 Å². The van der Waals surface area contributed by atoms with Crippen molar-refractivity contribution in [1.82, 2.24) is 9.29 Å². The Balaban J connectivity index is 1.88. The van der Waals surface area contributed by atoms with E-state index in [0.29, 0.717) is 10.6 Å². The zero-order valence-electron chi connectivity index (χ0n) is 13.0. The number of carbonyl (C=O) groups is 1. The number of rotatable bonds is 3. The van der Waals surface area contributed by atoms with E-state index in [-0.39, 0.29) is 24.6 Å². The normalized spacial score (nSPS) is 14.8. The summed E-state index contributed by atoms with van der Waals surface area (Å²) >= 11 is 1.09. The minimum Gasteiger partial charge on any atom is -0.453 e. The number of hydrogen-bond acceptors (Lipinski definition) is 6. The lowest BCUT2D eigenvalue weighted by atomic mass is 10.2. The van der Waals surface area contributed by atoms with Crippen LogP contribution in [-0.4, -0.2) is 37.5 Å². The fourth-order valence-electron chi connectivity index (χ4n) is 2.43. The van der Waals surface area contributed by atoms with Gasteiger partial charge in [0.15, 0.2) is 10.0 Å². The van der Waals surface area contributed by atoms with E-state index < -0.39 is 32.6 Å². The van der Waals surface area contributed by atoms with Crippen LogP contribution in [0.1, 0.15) is 10.6 Å². The number of anilines is 1. The van der Waals surface area contributed by atoms with Gasteiger partial charge in [-0.2, -0.15) is 4.31 Å². The second-order valence-corrected chi connectivity index (χ2v) is 8.10. The number of methoxy groups -OCH3 is 1. The maximum absolute atomic E-state index is 13.9. The minimum atomic E-state index is -4.33. The number of amides is 1. The van der Waals surface area contributed by atoms with Crippen molar-refractivity contribution in [3.63, 3.8) is 0 Å². The number of nitrogens with zero attached hydrogens (tertiary/aromatic N) is 2. The van der Waals surface area contributed by atoms with Crippen molar-refractivity contribution in [1.29, 1.82) is 0 Å². The summed E-state index contributed by atoms with van der Waals surface area (Å²) in [4.78, 5) is 15.1. The highest BCUT2D eigenvalue weighted by molar-refractivity contribution is 7.89. The van der Waals surface area contributed by atoms with Crippen molar-refractivity contribution in [2.24, 2.45) is 0 Å². The quantitative estimate of drug-likeness (QED) is 0.871. The molecule has 0 fully saturated rings. The number of carbonyl (C=O) groups excluding carboxylic acids is 1. The van der Waals surface area contributed by atoms with Gasteiger partial charge in [-0.05, 0) is 12.1 Å². The van der Waals surface area contributed by atoms with Crippen molar-refractivity contribution >= 4 is 32.6 Å². The summed E-state index contributed by atoms with van der Waals surface area (Å²) in [5.74, 6) is -2.27. The molecule has 0 unspecified atom stereocenters. The standard InChI is InChI=1S/C14H13F2N3O4S2/c1-23-14(20)18-13-17-10-5-6-19(7-11(10)24-13)25(21,22)12-8(15)3-2-4-9(12)16/h2-4H,5-7H2,1H3,(H,17,18,20). The second kappa shape index (κ2) is 6.65. The predicted molar refractivity (Wildman–Crippen MR) is 85.8 cm³/mol. The fraction of sp³-hybridized carbons (Fsp3) is 0.286. The van der Waals surface area contributed by atoms with Gasteiger partial charge < -0.3 is 4.74 Å². The first-order chi connectivity index (χ1) is 11.8. The molecule has 0 saturated carbocycles. The Bertz CT molecular complexity index is 910. The van der Waals surface area contributed by atoms with E-state index in [1.165, 1.54) is 7.11 Å². The molecule has 1 aromatic heterocycles. The third-order valence-corrected chi connectivity index (χ3v) is 6.50. The van der Waals surface area contributed by atoms with Crippen molar-refractivity contribution in [3.8, 4) is 0 Å². The monoisotopic (exact) mass is 389 g/mol. The summed E-state index contributed by atoms with van der Waals surface area (Å²) in [5, 5.41) is 2.68. The molecule has 1 aliphatic heterocycles. The number of sulfonamides is 1. The topological polar surface area (TPSA) is 88.6 Å². The molecular weight excluding hydrogens is 376 g/mol. The first-order valence-electron chi connectivity index (χ1n) is 7.10. The first-order valence-corrected chi connectivity index (χ1v) is 9.36. The number of nitrogens with one attached hydrogen (secondary N) is 1. The van der Waals surface area contributed by atoms with Crippen LogP contribution in [0.25, 0.3) is 0 Å². The molecule has 2 heterocycles. The first kappa shape index (κ1) is 17.7. The van der Waals surface area contributed by atoms with Gasteiger partial charge in [0.25, 0.3) is 0 Å². The Morgan fingerprint density at radius 1 is 1.36 bits per heavy atom. The molecule has 25 heavy (non-hydrogen) atoms. The number of fused-ring (bicyclic) bond motifs is 1. The molecule has 0 radical (unpaired) electrons. The van der Waals surface area contributed by atoms with E-state index in [2.05, 4.69) is 15.0 Å². The van der Waals surface area contributed by atoms with Crippen LogP contribution >= 0.6 is 11.3 Å². The number of hydrogen-bond donors (Lipinski definition) is 1. The van der Waals surface area contributed by atoms with Gasteiger partial charge in [-0.25, -0.2) is 27.0 Å². The molecule has 0 saturated heterocycles. The van der Waals surface area contributed by atoms with Crippen LogP contribution in [0.4, 0.5) is 18.7 Å². The Morgan fingerprint density at radius 2 is 2.04 bits per heavy atom. The van der Waals surface area contributed by atoms with E-state index in [9.17, 15) is 22.0 Å². The highest BCUT2D eigenvalue weighted by Gasteiger charge is 2.34. The summed E-state index contributed by atoms with van der Waals surface area (Å²) in [6.07, 6.45) is -0.423. The Kier molecular flexibility index (Phi) is 4.71. The number of ether oxygens (including phenoxy) is 1. The summed E-state index contributed by atoms with van der Waals surface area (Å²) in [5.41, 5.74) is 0.636. The number of halogens is 2. The fourth-order valence-corrected chi connectivity index (χ4v) is 5.04. The van der Waals surface area contributed by atoms with E-state index in [1.807, 2.05) is 0 Å². The van der Waals surface area contributed by atoms with E-state index in [4.69, 9.17) is 0 Å². The summed E-state index contributed by atoms with van der Waals surface area (Å²) < 4.78 is 58.4. The third kappa shape index (κ3) is 3.34. The molecule has 11 heteroatoms. The molecule has 2 aromatic rings. The number of benzene rings is 1. The highest BCUT2D eigenvalue weighted by Crippen LogP contribution is 2.32. The SMILES string of the molecule is COC(=O)Nc1nc2c(s1)CN(S(=O)(=O)c1c(F)cccc1F)CC2. The van der Waals surface area contributed by atoms with Gasteiger partial charge in [0.05, 0.1) is 19.3 Å². The van der Waals surface area contributed by atoms with Gasteiger partial charge >= 0.3 is 6.09 Å². The smallest absolute Gasteiger partial charge is 0.413 e. The van der Waals surface area contributed by atoms with Crippen molar-refractivity contribution in [3.05, 3.63) is 40.4 Å². The van der Waals surface area contributed by atoms with Crippen molar-refractivity contribution < 1.29 is 26.7 Å². The van der Waals surface area contributed by atoms with Crippen molar-refractivity contribution in [2.45, 2.75) is 17.9 Å². The molecule has 1 aliphatic rings. The molecule has 134 valence electrons. The summed E-state index contributed by atoms with van der Waals surface area (Å²) in [6, 6.07) is 2.90. The van der Waals surface area contributed by atoms with E-state index in [0.717, 1.165) is 33.8 Å². The molecule has 1 N–H and O–H groups in total. The summed E-state index contributed by atoms with van der Waals surface area (Å²) in [6.45, 7) is -0.0452. The molecule has 0 aliphatic carbocycles. The molecule has 1 amide bonds. The average Bonchev–Trinajstić information content (AvgIpc) is 2.95. The van der Waals surface area contributed by atoms with Crippen LogP contribution in [0.3, 0.4) is 0 Å². The molecule has 7 nitrogen and oxygen atoms in total. The van der Waals surface area contributed by atoms with Gasteiger partial charge in [-0.1, -0.05) is 17.4 Å². The van der Waals surface area contributed by atoms with Crippen LogP contribution in [0.15, 0.2) is 23.1 Å². The number of aromatic nitrogens is 1. The molecule has 3 rings (SSSR count). The lowest BCUT2D eigenvalue weighted by Gasteiger charge is -2.25. The Labute approximate surface area is 146 Å². The third-order valence-electron chi connectivity index (χ3n) is 3.61. The van der Waals surface area contributed by atoms with Crippen LogP contribution in [0, 0.1) is 11.6 Å². The molecular formula is C14H13F2N3O4S2. The predicted octanol–water partition coefficient (Wildman–Crippen LogP) is 2.35. The van der Waals surface area contributed by atoms with Crippen LogP contribution in [0.5, 0.6) is 0 Å². The Morgan fingerprint density at radius 3 is 2.68 bits per heavy atom. The summed E-state index contributed by atoms with van der Waals surface area (Å²) in [7, 11) is -3.13. The molecule has 0 atom stereocenters. The van der Waals surface area contributed by atoms with Crippen LogP contribution in [0.2, 0.25) is 0 Å². The van der Waals surface area contributed by atoms with E-state index >= 15 is 0 Å². The largest absolute Gasteiger partial charge is 0.453 e. The maximum atomic E-state index is 13.9. The molecule has 1 aromatic carbocycles. The van der Waals surface area contributed by atoms with Crippen LogP contribution < -0.4 is 5.32 Å². The highest BCUT2D eigenvalue weighted by atomic mass is 32.2. The molecule has 0 bridgehead atoms. The Hall–Kier alpha value is -2.11. The zero-order chi connectivity index (χ0) is 18.2. The lowest BCUT2D eigenvalue weighted by molar-refractivity contribution is 0.187. The minimum absolute atomic E-state index is 0.0322. The van der Waals surface area contributed by atoms with Gasteiger partial charge in [-0.3, -0.25) is 5.32 Å². The second-order valence-electron chi connectivity index (χ2n) is 5.14. The van der Waals surface area contributed by atoms with E-state index in [1.54, 1.807) is 0 Å². The molecule has 0 spiro atoms. The average molecular weight is 389 g/mol. The number of thiazole rings is 1. The lowest BCUT2D eigenvalue weighted by Crippen LogP contribution is -2.36. The van der Waals surface area contributed by atoms with Gasteiger partial charge in [0, 0.05) is 17.8 Å². The van der Waals surface area contributed by atoms with Gasteiger partial charge in [0.2, 0.25) is 10.0 Å². The van der Waals surface area contributed by atoms with Gasteiger partial charge in [-0.15, -0.1) is 0 Å². The maximum Gasteiger partial charge on any atom is 0.413 e. The van der Waals surface area contributed by atoms with Crippen LogP contribution in [-0.2, 0) is 27.7 Å². The zero-order valence-corrected chi connectivity index (χ0v) is 14.6.